The Hall–Kier alpha value is -3.46. The maximum Gasteiger partial charge on any atom is 0.264 e. The van der Waals surface area contributed by atoms with E-state index in [1.165, 1.54) is 18.0 Å². The monoisotopic (exact) mass is 426 g/mol. The highest BCUT2D eigenvalue weighted by molar-refractivity contribution is 5.91. The molecule has 2 heterocycles. The minimum absolute atomic E-state index is 0.0266. The van der Waals surface area contributed by atoms with Crippen molar-refractivity contribution in [3.8, 4) is 22.8 Å². The Labute approximate surface area is 180 Å². The molecule has 0 saturated carbocycles. The molecule has 3 rings (SSSR count). The van der Waals surface area contributed by atoms with E-state index in [1.807, 2.05) is 12.1 Å². The van der Waals surface area contributed by atoms with E-state index >= 15 is 0 Å². The summed E-state index contributed by atoms with van der Waals surface area (Å²) in [6, 6.07) is 7.25. The highest BCUT2D eigenvalue weighted by Gasteiger charge is 2.15. The topological polar surface area (TPSA) is 105 Å². The maximum atomic E-state index is 12.7. The molecule has 31 heavy (non-hydrogen) atoms. The third-order valence-electron chi connectivity index (χ3n) is 4.81. The number of benzene rings is 1. The van der Waals surface area contributed by atoms with Crippen LogP contribution in [-0.2, 0) is 16.6 Å². The molecule has 2 aromatic heterocycles. The zero-order chi connectivity index (χ0) is 22.4. The van der Waals surface area contributed by atoms with Crippen LogP contribution in [0.5, 0.6) is 11.5 Å². The smallest absolute Gasteiger partial charge is 0.264 e. The molecule has 0 spiro atoms. The fourth-order valence-electron chi connectivity index (χ4n) is 3.22. The Bertz CT molecular complexity index is 1140. The van der Waals surface area contributed by atoms with Gasteiger partial charge in [-0.3, -0.25) is 9.59 Å². The van der Waals surface area contributed by atoms with Crippen LogP contribution in [-0.4, -0.2) is 54.8 Å². The number of fused-ring (bicyclic) bond motifs is 1. The summed E-state index contributed by atoms with van der Waals surface area (Å²) in [5.74, 6) is 1.64. The molecule has 3 aromatic rings. The van der Waals surface area contributed by atoms with Crippen LogP contribution < -0.4 is 20.3 Å². The first-order valence-electron chi connectivity index (χ1n) is 9.81. The number of nitrogens with one attached hydrogen (secondary N) is 1. The number of pyridine rings is 1. The lowest BCUT2D eigenvalue weighted by atomic mass is 10.1. The van der Waals surface area contributed by atoms with E-state index in [4.69, 9.17) is 14.2 Å². The number of nitrogens with zero attached hydrogens (tertiary/aromatic N) is 3. The van der Waals surface area contributed by atoms with Crippen LogP contribution in [0.3, 0.4) is 0 Å². The predicted molar refractivity (Wildman–Crippen MR) is 118 cm³/mol. The molecule has 0 fully saturated rings. The number of aryl methyl sites for hydroxylation is 1. The van der Waals surface area contributed by atoms with E-state index in [2.05, 4.69) is 15.3 Å². The molecule has 0 aliphatic carbocycles. The van der Waals surface area contributed by atoms with Crippen molar-refractivity contribution < 1.29 is 19.0 Å². The van der Waals surface area contributed by atoms with Gasteiger partial charge in [0.2, 0.25) is 0 Å². The number of carbonyl (C=O) groups excluding carboxylic acids is 1. The van der Waals surface area contributed by atoms with Crippen LogP contribution in [0.15, 0.2) is 35.4 Å². The lowest BCUT2D eigenvalue weighted by Gasteiger charge is -2.13. The summed E-state index contributed by atoms with van der Waals surface area (Å²) < 4.78 is 17.0. The number of aromatic nitrogens is 3. The van der Waals surface area contributed by atoms with Gasteiger partial charge in [-0.05, 0) is 30.7 Å². The summed E-state index contributed by atoms with van der Waals surface area (Å²) in [7, 11) is 6.28. The minimum atomic E-state index is -0.200. The van der Waals surface area contributed by atoms with Gasteiger partial charge in [0, 0.05) is 32.7 Å². The number of hydrogen-bond acceptors (Lipinski definition) is 8. The quantitative estimate of drug-likeness (QED) is 0.493. The molecule has 9 nitrogen and oxygen atoms in total. The number of methoxy groups -OCH3 is 3. The minimum Gasteiger partial charge on any atom is -0.493 e. The third-order valence-corrected chi connectivity index (χ3v) is 4.81. The predicted octanol–water partition coefficient (Wildman–Crippen LogP) is 2.42. The van der Waals surface area contributed by atoms with Crippen LogP contribution >= 0.6 is 0 Å². The highest BCUT2D eigenvalue weighted by Crippen LogP contribution is 2.33. The number of carbonyl (C=O) groups is 1. The van der Waals surface area contributed by atoms with Crippen molar-refractivity contribution in [2.45, 2.75) is 12.8 Å². The lowest BCUT2D eigenvalue weighted by Crippen LogP contribution is -2.19. The molecule has 0 saturated heterocycles. The van der Waals surface area contributed by atoms with Gasteiger partial charge in [0.15, 0.2) is 17.3 Å². The van der Waals surface area contributed by atoms with Crippen molar-refractivity contribution in [3.63, 3.8) is 0 Å². The Kier molecular flexibility index (Phi) is 7.19. The van der Waals surface area contributed by atoms with Gasteiger partial charge < -0.3 is 24.1 Å². The summed E-state index contributed by atoms with van der Waals surface area (Å²) in [5.41, 5.74) is 1.75. The van der Waals surface area contributed by atoms with Gasteiger partial charge in [0.25, 0.3) is 5.56 Å². The number of Topliss-reactive ketones (excluding diaryl/α,β-unsaturated/α-hetero) is 1. The van der Waals surface area contributed by atoms with Crippen LogP contribution in [0.25, 0.3) is 22.2 Å². The summed E-state index contributed by atoms with van der Waals surface area (Å²) in [6.07, 6.45) is 2.45. The second kappa shape index (κ2) is 10.0. The first-order chi connectivity index (χ1) is 15.0. The Morgan fingerprint density at radius 1 is 1.13 bits per heavy atom. The number of anilines is 1. The van der Waals surface area contributed by atoms with E-state index in [0.717, 1.165) is 5.56 Å². The molecule has 0 aliphatic heterocycles. The normalized spacial score (nSPS) is 10.8. The molecule has 9 heteroatoms. The summed E-state index contributed by atoms with van der Waals surface area (Å²) >= 11 is 0. The molecule has 1 aromatic carbocycles. The van der Waals surface area contributed by atoms with Gasteiger partial charge in [-0.2, -0.15) is 0 Å². The van der Waals surface area contributed by atoms with Gasteiger partial charge in [0.1, 0.15) is 17.8 Å². The number of rotatable bonds is 10. The molecule has 0 atom stereocenters. The van der Waals surface area contributed by atoms with Crippen LogP contribution in [0.4, 0.5) is 5.82 Å². The molecule has 0 radical (unpaired) electrons. The van der Waals surface area contributed by atoms with Crippen LogP contribution in [0.2, 0.25) is 0 Å². The summed E-state index contributed by atoms with van der Waals surface area (Å²) in [5, 5.41) is 3.60. The van der Waals surface area contributed by atoms with E-state index < -0.39 is 0 Å². The van der Waals surface area contributed by atoms with Crippen LogP contribution in [0, 0.1) is 0 Å². The lowest BCUT2D eigenvalue weighted by molar-refractivity contribution is -0.122. The molecular weight excluding hydrogens is 400 g/mol. The van der Waals surface area contributed by atoms with E-state index in [0.29, 0.717) is 53.3 Å². The average molecular weight is 426 g/mol. The van der Waals surface area contributed by atoms with Crippen molar-refractivity contribution >= 4 is 22.5 Å². The molecule has 0 unspecified atom stereocenters. The first-order valence-corrected chi connectivity index (χ1v) is 9.81. The molecule has 1 N–H and O–H groups in total. The van der Waals surface area contributed by atoms with Gasteiger partial charge in [-0.25, -0.2) is 9.97 Å². The molecule has 164 valence electrons. The second-order valence-corrected chi connectivity index (χ2v) is 6.98. The van der Waals surface area contributed by atoms with Gasteiger partial charge in [0.05, 0.1) is 31.8 Å². The maximum absolute atomic E-state index is 12.7. The SMILES string of the molecule is COCC(=O)CCCNc1nc(-c2ccc(OC)c(OC)c2)cc2ncn(C)c(=O)c12. The van der Waals surface area contributed by atoms with E-state index in [1.54, 1.807) is 33.4 Å². The molecule has 0 bridgehead atoms. The van der Waals surface area contributed by atoms with Crippen molar-refractivity contribution in [2.24, 2.45) is 7.05 Å². The zero-order valence-electron chi connectivity index (χ0n) is 18.1. The van der Waals surface area contributed by atoms with Gasteiger partial charge in [-0.1, -0.05) is 0 Å². The van der Waals surface area contributed by atoms with E-state index in [9.17, 15) is 9.59 Å². The fourth-order valence-corrected chi connectivity index (χ4v) is 3.22. The Morgan fingerprint density at radius 3 is 2.61 bits per heavy atom. The summed E-state index contributed by atoms with van der Waals surface area (Å²) in [4.78, 5) is 33.5. The number of ether oxygens (including phenoxy) is 3. The number of ketones is 1. The average Bonchev–Trinajstić information content (AvgIpc) is 2.78. The number of hydrogen-bond donors (Lipinski definition) is 1. The van der Waals surface area contributed by atoms with E-state index in [-0.39, 0.29) is 17.9 Å². The van der Waals surface area contributed by atoms with Crippen molar-refractivity contribution in [3.05, 3.63) is 40.9 Å². The van der Waals surface area contributed by atoms with Crippen molar-refractivity contribution in [2.75, 3.05) is 39.8 Å². The largest absolute Gasteiger partial charge is 0.493 e. The fraction of sp³-hybridized carbons (Fsp3) is 0.364. The summed E-state index contributed by atoms with van der Waals surface area (Å²) in [6.45, 7) is 0.575. The first kappa shape index (κ1) is 22.2. The molecular formula is C22H26N4O5. The highest BCUT2D eigenvalue weighted by atomic mass is 16.5. The molecule has 0 aliphatic rings. The van der Waals surface area contributed by atoms with Gasteiger partial charge in [-0.15, -0.1) is 0 Å². The van der Waals surface area contributed by atoms with Crippen molar-refractivity contribution in [1.29, 1.82) is 0 Å². The standard InChI is InChI=1S/C22H26N4O5/c1-26-13-24-17-11-16(14-7-8-18(30-3)19(10-14)31-4)25-21(20(17)22(26)28)23-9-5-6-15(27)12-29-2/h7-8,10-11,13H,5-6,9,12H2,1-4H3,(H,23,25). The Balaban J connectivity index is 1.98. The van der Waals surface area contributed by atoms with Gasteiger partial charge >= 0.3 is 0 Å². The zero-order valence-corrected chi connectivity index (χ0v) is 18.1. The van der Waals surface area contributed by atoms with Crippen molar-refractivity contribution in [1.82, 2.24) is 14.5 Å². The Morgan fingerprint density at radius 2 is 1.90 bits per heavy atom. The second-order valence-electron chi connectivity index (χ2n) is 6.98. The van der Waals surface area contributed by atoms with Crippen LogP contribution in [0.1, 0.15) is 12.8 Å². The third kappa shape index (κ3) is 5.00. The molecule has 0 amide bonds.